The van der Waals surface area contributed by atoms with Gasteiger partial charge in [-0.15, -0.1) is 0 Å². The van der Waals surface area contributed by atoms with Gasteiger partial charge < -0.3 is 10.2 Å². The van der Waals surface area contributed by atoms with Crippen LogP contribution in [0.25, 0.3) is 0 Å². The molecule has 2 aromatic rings. The van der Waals surface area contributed by atoms with Crippen molar-refractivity contribution < 1.29 is 10.2 Å². The first-order valence-corrected chi connectivity index (χ1v) is 7.74. The normalized spacial score (nSPS) is 20.6. The second-order valence-corrected chi connectivity index (χ2v) is 5.95. The van der Waals surface area contributed by atoms with Crippen LogP contribution in [0.5, 0.6) is 0 Å². The third-order valence-corrected chi connectivity index (χ3v) is 4.53. The molecule has 0 aliphatic heterocycles. The highest BCUT2D eigenvalue weighted by atomic mass is 16.3. The summed E-state index contributed by atoms with van der Waals surface area (Å²) in [6, 6.07) is 17.9. The molecule has 0 amide bonds. The van der Waals surface area contributed by atoms with Gasteiger partial charge in [-0.25, -0.2) is 0 Å². The van der Waals surface area contributed by atoms with Crippen molar-refractivity contribution in [2.45, 2.75) is 43.8 Å². The predicted molar refractivity (Wildman–Crippen MR) is 84.1 cm³/mol. The highest BCUT2D eigenvalue weighted by Crippen LogP contribution is 2.36. The lowest BCUT2D eigenvalue weighted by atomic mass is 9.79. The van der Waals surface area contributed by atoms with E-state index in [0.29, 0.717) is 12.3 Å². The molecule has 1 aliphatic rings. The molecule has 110 valence electrons. The first-order chi connectivity index (χ1) is 10.3. The number of benzene rings is 2. The number of hydrogen-bond donors (Lipinski definition) is 2. The highest BCUT2D eigenvalue weighted by Gasteiger charge is 2.26. The fraction of sp³-hybridized carbons (Fsp3) is 0.368. The zero-order chi connectivity index (χ0) is 14.7. The van der Waals surface area contributed by atoms with Crippen molar-refractivity contribution in [1.29, 1.82) is 0 Å². The molecule has 2 heteroatoms. The Morgan fingerprint density at radius 2 is 1.67 bits per heavy atom. The molecule has 0 radical (unpaired) electrons. The van der Waals surface area contributed by atoms with Crippen molar-refractivity contribution >= 4 is 0 Å². The second kappa shape index (κ2) is 6.42. The summed E-state index contributed by atoms with van der Waals surface area (Å²) in [6.07, 6.45) is 2.48. The van der Waals surface area contributed by atoms with Gasteiger partial charge in [0.25, 0.3) is 0 Å². The first-order valence-electron chi connectivity index (χ1n) is 7.74. The van der Waals surface area contributed by atoms with Crippen molar-refractivity contribution in [3.05, 3.63) is 71.3 Å². The van der Waals surface area contributed by atoms with E-state index >= 15 is 0 Å². The Balaban J connectivity index is 1.72. The summed E-state index contributed by atoms with van der Waals surface area (Å²) >= 11 is 0. The molecule has 3 rings (SSSR count). The summed E-state index contributed by atoms with van der Waals surface area (Å²) in [6.45, 7) is 0. The molecular formula is C19H22O2. The van der Waals surface area contributed by atoms with E-state index in [9.17, 15) is 10.2 Å². The van der Waals surface area contributed by atoms with Crippen LogP contribution >= 0.6 is 0 Å². The minimum Gasteiger partial charge on any atom is -0.390 e. The van der Waals surface area contributed by atoms with Crippen LogP contribution in [0.2, 0.25) is 0 Å². The van der Waals surface area contributed by atoms with Gasteiger partial charge in [-0.1, -0.05) is 54.6 Å². The lowest BCUT2D eigenvalue weighted by Crippen LogP contribution is -2.23. The summed E-state index contributed by atoms with van der Waals surface area (Å²) in [4.78, 5) is 0. The summed E-state index contributed by atoms with van der Waals surface area (Å²) in [5.74, 6) is 0.350. The predicted octanol–water partition coefficient (Wildman–Crippen LogP) is 3.59. The van der Waals surface area contributed by atoms with E-state index < -0.39 is 12.2 Å². The maximum absolute atomic E-state index is 10.4. The lowest BCUT2D eigenvalue weighted by molar-refractivity contribution is 0.00825. The van der Waals surface area contributed by atoms with E-state index in [-0.39, 0.29) is 0 Å². The molecule has 0 fully saturated rings. The number of aliphatic hydroxyl groups is 2. The van der Waals surface area contributed by atoms with Crippen LogP contribution in [0.15, 0.2) is 54.6 Å². The largest absolute Gasteiger partial charge is 0.390 e. The van der Waals surface area contributed by atoms with Crippen molar-refractivity contribution in [2.75, 3.05) is 0 Å². The van der Waals surface area contributed by atoms with Crippen molar-refractivity contribution in [3.8, 4) is 0 Å². The smallest absolute Gasteiger partial charge is 0.105 e. The quantitative estimate of drug-likeness (QED) is 0.899. The Hall–Kier alpha value is -1.64. The summed E-state index contributed by atoms with van der Waals surface area (Å²) in [7, 11) is 0. The van der Waals surface area contributed by atoms with Crippen LogP contribution in [-0.2, 0) is 6.42 Å². The lowest BCUT2D eigenvalue weighted by Gasteiger charge is -2.29. The van der Waals surface area contributed by atoms with Crippen LogP contribution in [0.4, 0.5) is 0 Å². The Morgan fingerprint density at radius 3 is 2.48 bits per heavy atom. The summed E-state index contributed by atoms with van der Waals surface area (Å²) in [5, 5.41) is 20.7. The van der Waals surface area contributed by atoms with Gasteiger partial charge in [0.1, 0.15) is 6.10 Å². The second-order valence-electron chi connectivity index (χ2n) is 5.95. The van der Waals surface area contributed by atoms with E-state index in [2.05, 4.69) is 24.3 Å². The van der Waals surface area contributed by atoms with Gasteiger partial charge in [-0.3, -0.25) is 0 Å². The van der Waals surface area contributed by atoms with E-state index in [1.165, 1.54) is 11.1 Å². The van der Waals surface area contributed by atoms with Gasteiger partial charge in [0.2, 0.25) is 0 Å². The van der Waals surface area contributed by atoms with Gasteiger partial charge in [-0.05, 0) is 48.3 Å². The van der Waals surface area contributed by atoms with Crippen LogP contribution in [0, 0.1) is 0 Å². The van der Waals surface area contributed by atoms with Gasteiger partial charge in [0, 0.05) is 0 Å². The molecule has 2 aromatic carbocycles. The number of aryl methyl sites for hydroxylation is 1. The van der Waals surface area contributed by atoms with Gasteiger partial charge in [0.05, 0.1) is 6.10 Å². The molecule has 0 bridgehead atoms. The minimum absolute atomic E-state index is 0.350. The minimum atomic E-state index is -0.805. The average molecular weight is 282 g/mol. The molecule has 0 heterocycles. The maximum Gasteiger partial charge on any atom is 0.105 e. The maximum atomic E-state index is 10.4. The van der Waals surface area contributed by atoms with Crippen molar-refractivity contribution in [3.63, 3.8) is 0 Å². The molecule has 0 saturated carbocycles. The monoisotopic (exact) mass is 282 g/mol. The van der Waals surface area contributed by atoms with Crippen LogP contribution in [0.1, 0.15) is 48.0 Å². The zero-order valence-electron chi connectivity index (χ0n) is 12.2. The molecule has 0 saturated heterocycles. The van der Waals surface area contributed by atoms with Crippen molar-refractivity contribution in [2.24, 2.45) is 0 Å². The third kappa shape index (κ3) is 3.17. The Kier molecular flexibility index (Phi) is 4.37. The highest BCUT2D eigenvalue weighted by molar-refractivity contribution is 5.32. The van der Waals surface area contributed by atoms with E-state index in [0.717, 1.165) is 24.8 Å². The van der Waals surface area contributed by atoms with Gasteiger partial charge in [0.15, 0.2) is 0 Å². The summed E-state index contributed by atoms with van der Waals surface area (Å²) in [5.41, 5.74) is 3.53. The molecule has 0 aromatic heterocycles. The molecule has 1 aliphatic carbocycles. The zero-order valence-corrected chi connectivity index (χ0v) is 12.2. The van der Waals surface area contributed by atoms with Crippen LogP contribution in [0.3, 0.4) is 0 Å². The number of hydrogen-bond acceptors (Lipinski definition) is 2. The fourth-order valence-corrected chi connectivity index (χ4v) is 3.39. The van der Waals surface area contributed by atoms with E-state index in [4.69, 9.17) is 0 Å². The average Bonchev–Trinajstić information content (AvgIpc) is 2.55. The van der Waals surface area contributed by atoms with E-state index in [1.54, 1.807) is 0 Å². The number of rotatable bonds is 4. The Bertz CT molecular complexity index is 579. The Labute approximate surface area is 126 Å². The standard InChI is InChI=1S/C19H22O2/c20-18(19(21)15-8-2-1-3-9-15)13-16-11-6-10-14-7-4-5-12-17(14)16/h1-5,7-9,12,16,18-21H,6,10-11,13H2. The fourth-order valence-electron chi connectivity index (χ4n) is 3.39. The van der Waals surface area contributed by atoms with Crippen LogP contribution in [-0.4, -0.2) is 16.3 Å². The topological polar surface area (TPSA) is 40.5 Å². The van der Waals surface area contributed by atoms with Crippen molar-refractivity contribution in [1.82, 2.24) is 0 Å². The molecule has 3 unspecified atom stereocenters. The Morgan fingerprint density at radius 1 is 0.952 bits per heavy atom. The molecule has 0 spiro atoms. The molecule has 3 atom stereocenters. The van der Waals surface area contributed by atoms with E-state index in [1.807, 2.05) is 30.3 Å². The van der Waals surface area contributed by atoms with Crippen LogP contribution < -0.4 is 0 Å². The molecule has 21 heavy (non-hydrogen) atoms. The number of aliphatic hydroxyl groups excluding tert-OH is 2. The SMILES string of the molecule is OC(CC1CCCc2ccccc21)C(O)c1ccccc1. The third-order valence-electron chi connectivity index (χ3n) is 4.53. The number of fused-ring (bicyclic) bond motifs is 1. The molecular weight excluding hydrogens is 260 g/mol. The summed E-state index contributed by atoms with van der Waals surface area (Å²) < 4.78 is 0. The van der Waals surface area contributed by atoms with Gasteiger partial charge in [-0.2, -0.15) is 0 Å². The molecule has 2 N–H and O–H groups in total. The van der Waals surface area contributed by atoms with Gasteiger partial charge >= 0.3 is 0 Å². The first kappa shape index (κ1) is 14.3. The molecule has 2 nitrogen and oxygen atoms in total.